The number of carbonyl (C=O) groups excluding carboxylic acids is 1. The minimum absolute atomic E-state index is 0.0492. The molecule has 1 rings (SSSR count). The van der Waals surface area contributed by atoms with Gasteiger partial charge in [0.05, 0.1) is 5.56 Å². The molecule has 7 heteroatoms. The zero-order valence-electron chi connectivity index (χ0n) is 12.1. The fourth-order valence-electron chi connectivity index (χ4n) is 1.76. The van der Waals surface area contributed by atoms with E-state index in [0.717, 1.165) is 12.1 Å². The first-order valence-corrected chi connectivity index (χ1v) is 6.99. The minimum atomic E-state index is -4.46. The van der Waals surface area contributed by atoms with Gasteiger partial charge in [-0.1, -0.05) is 20.8 Å². The van der Waals surface area contributed by atoms with Gasteiger partial charge in [0.25, 0.3) is 5.91 Å². The predicted molar refractivity (Wildman–Crippen MR) is 75.3 cm³/mol. The van der Waals surface area contributed by atoms with Crippen molar-refractivity contribution in [2.24, 2.45) is 5.41 Å². The number of hydrogen-bond acceptors (Lipinski definition) is 2. The van der Waals surface area contributed by atoms with Crippen molar-refractivity contribution in [3.63, 3.8) is 0 Å². The molecule has 1 heterocycles. The van der Waals surface area contributed by atoms with Gasteiger partial charge >= 0.3 is 6.18 Å². The Kier molecular flexibility index (Phi) is 5.61. The van der Waals surface area contributed by atoms with Crippen molar-refractivity contribution in [1.82, 2.24) is 10.3 Å². The Balaban J connectivity index is 2.84. The Hall–Kier alpha value is -1.30. The van der Waals surface area contributed by atoms with Gasteiger partial charge in [-0.25, -0.2) is 0 Å². The lowest BCUT2D eigenvalue weighted by Gasteiger charge is -2.31. The maximum atomic E-state index is 12.4. The van der Waals surface area contributed by atoms with E-state index in [1.54, 1.807) is 0 Å². The molecule has 3 nitrogen and oxygen atoms in total. The molecule has 0 bridgehead atoms. The fourth-order valence-corrected chi connectivity index (χ4v) is 1.98. The van der Waals surface area contributed by atoms with Gasteiger partial charge in [-0.3, -0.25) is 9.78 Å². The zero-order chi connectivity index (χ0) is 16.3. The van der Waals surface area contributed by atoms with Crippen LogP contribution in [0.1, 0.15) is 43.2 Å². The van der Waals surface area contributed by atoms with E-state index in [9.17, 15) is 18.0 Å². The third-order valence-corrected chi connectivity index (χ3v) is 3.29. The van der Waals surface area contributed by atoms with E-state index in [4.69, 9.17) is 11.6 Å². The SMILES string of the molecule is CC(C)(C)C(CCCl)NC(=O)c1ccc(C(F)(F)F)cn1. The number of rotatable bonds is 4. The number of alkyl halides is 4. The number of nitrogens with one attached hydrogen (secondary N) is 1. The quantitative estimate of drug-likeness (QED) is 0.855. The van der Waals surface area contributed by atoms with Gasteiger partial charge in [0.1, 0.15) is 5.69 Å². The molecule has 1 aromatic rings. The largest absolute Gasteiger partial charge is 0.417 e. The summed E-state index contributed by atoms with van der Waals surface area (Å²) in [6.45, 7) is 5.85. The maximum Gasteiger partial charge on any atom is 0.417 e. The van der Waals surface area contributed by atoms with Crippen molar-refractivity contribution in [2.45, 2.75) is 39.4 Å². The topological polar surface area (TPSA) is 42.0 Å². The second-order valence-corrected chi connectivity index (χ2v) is 6.18. The number of nitrogens with zero attached hydrogens (tertiary/aromatic N) is 1. The molecule has 1 amide bonds. The van der Waals surface area contributed by atoms with E-state index in [2.05, 4.69) is 10.3 Å². The lowest BCUT2D eigenvalue weighted by Crippen LogP contribution is -2.44. The Morgan fingerprint density at radius 1 is 1.33 bits per heavy atom. The highest BCUT2D eigenvalue weighted by Crippen LogP contribution is 2.28. The summed E-state index contributed by atoms with van der Waals surface area (Å²) in [7, 11) is 0. The molecule has 118 valence electrons. The average Bonchev–Trinajstić information content (AvgIpc) is 2.36. The van der Waals surface area contributed by atoms with E-state index in [1.807, 2.05) is 20.8 Å². The molecule has 0 aromatic carbocycles. The van der Waals surface area contributed by atoms with Crippen LogP contribution in [0.2, 0.25) is 0 Å². The van der Waals surface area contributed by atoms with Gasteiger partial charge in [-0.2, -0.15) is 13.2 Å². The summed E-state index contributed by atoms with van der Waals surface area (Å²) < 4.78 is 37.3. The summed E-state index contributed by atoms with van der Waals surface area (Å²) in [5.74, 6) is -0.128. The molecule has 0 aliphatic carbocycles. The third-order valence-electron chi connectivity index (χ3n) is 3.07. The summed E-state index contributed by atoms with van der Waals surface area (Å²) in [5, 5.41) is 2.77. The van der Waals surface area contributed by atoms with Crippen molar-refractivity contribution in [3.05, 3.63) is 29.6 Å². The van der Waals surface area contributed by atoms with Gasteiger partial charge in [0, 0.05) is 18.1 Å². The van der Waals surface area contributed by atoms with E-state index in [0.29, 0.717) is 18.5 Å². The molecule has 0 radical (unpaired) electrons. The first kappa shape index (κ1) is 17.8. The molecule has 1 atom stereocenters. The van der Waals surface area contributed by atoms with Crippen LogP contribution >= 0.6 is 11.6 Å². The molecule has 1 N–H and O–H groups in total. The molecule has 1 aromatic heterocycles. The van der Waals surface area contributed by atoms with E-state index < -0.39 is 17.6 Å². The summed E-state index contributed by atoms with van der Waals surface area (Å²) >= 11 is 5.71. The molecular formula is C14H18ClF3N2O. The standard InChI is InChI=1S/C14H18ClF3N2O/c1-13(2,3)11(6-7-15)20-12(21)10-5-4-9(8-19-10)14(16,17)18/h4-5,8,11H,6-7H2,1-3H3,(H,20,21). The van der Waals surface area contributed by atoms with Crippen LogP contribution in [-0.4, -0.2) is 22.8 Å². The molecule has 21 heavy (non-hydrogen) atoms. The predicted octanol–water partition coefficient (Wildman–Crippen LogP) is 3.87. The van der Waals surface area contributed by atoms with E-state index in [1.165, 1.54) is 0 Å². The van der Waals surface area contributed by atoms with E-state index >= 15 is 0 Å². The lowest BCUT2D eigenvalue weighted by molar-refractivity contribution is -0.137. The Bertz CT molecular complexity index is 480. The summed E-state index contributed by atoms with van der Waals surface area (Å²) in [6.07, 6.45) is -3.24. The Labute approximate surface area is 126 Å². The third kappa shape index (κ3) is 5.19. The zero-order valence-corrected chi connectivity index (χ0v) is 12.8. The normalized spacial score (nSPS) is 13.9. The van der Waals surface area contributed by atoms with Crippen LogP contribution in [0.3, 0.4) is 0 Å². The molecular weight excluding hydrogens is 305 g/mol. The number of amides is 1. The first-order valence-electron chi connectivity index (χ1n) is 6.46. The molecule has 0 fully saturated rings. The second-order valence-electron chi connectivity index (χ2n) is 5.80. The summed E-state index contributed by atoms with van der Waals surface area (Å²) in [5.41, 5.74) is -1.14. The Morgan fingerprint density at radius 2 is 1.95 bits per heavy atom. The number of aromatic nitrogens is 1. The number of halogens is 4. The lowest BCUT2D eigenvalue weighted by atomic mass is 9.85. The van der Waals surface area contributed by atoms with Gasteiger partial charge in [-0.15, -0.1) is 11.6 Å². The molecule has 0 aliphatic rings. The smallest absolute Gasteiger partial charge is 0.347 e. The van der Waals surface area contributed by atoms with Crippen LogP contribution in [-0.2, 0) is 6.18 Å². The van der Waals surface area contributed by atoms with Crippen molar-refractivity contribution in [2.75, 3.05) is 5.88 Å². The average molecular weight is 323 g/mol. The van der Waals surface area contributed by atoms with Crippen molar-refractivity contribution in [3.8, 4) is 0 Å². The highest BCUT2D eigenvalue weighted by molar-refractivity contribution is 6.17. The molecule has 0 saturated carbocycles. The van der Waals surface area contributed by atoms with Crippen molar-refractivity contribution in [1.29, 1.82) is 0 Å². The van der Waals surface area contributed by atoms with Crippen LogP contribution in [0, 0.1) is 5.41 Å². The number of hydrogen-bond donors (Lipinski definition) is 1. The number of carbonyl (C=O) groups is 1. The van der Waals surface area contributed by atoms with Crippen LogP contribution in [0.4, 0.5) is 13.2 Å². The van der Waals surface area contributed by atoms with Crippen molar-refractivity contribution < 1.29 is 18.0 Å². The van der Waals surface area contributed by atoms with Crippen LogP contribution in [0.25, 0.3) is 0 Å². The molecule has 0 spiro atoms. The molecule has 0 aliphatic heterocycles. The highest BCUT2D eigenvalue weighted by atomic mass is 35.5. The van der Waals surface area contributed by atoms with Gasteiger partial charge in [0.2, 0.25) is 0 Å². The minimum Gasteiger partial charge on any atom is -0.347 e. The second kappa shape index (κ2) is 6.64. The first-order chi connectivity index (χ1) is 9.55. The van der Waals surface area contributed by atoms with Gasteiger partial charge in [0.15, 0.2) is 0 Å². The summed E-state index contributed by atoms with van der Waals surface area (Å²) in [6, 6.07) is 1.72. The monoisotopic (exact) mass is 322 g/mol. The van der Waals surface area contributed by atoms with E-state index in [-0.39, 0.29) is 17.2 Å². The van der Waals surface area contributed by atoms with Gasteiger partial charge < -0.3 is 5.32 Å². The van der Waals surface area contributed by atoms with Crippen molar-refractivity contribution >= 4 is 17.5 Å². The Morgan fingerprint density at radius 3 is 2.33 bits per heavy atom. The van der Waals surface area contributed by atoms with Crippen LogP contribution in [0.5, 0.6) is 0 Å². The van der Waals surface area contributed by atoms with Crippen LogP contribution in [0.15, 0.2) is 18.3 Å². The van der Waals surface area contributed by atoms with Crippen LogP contribution < -0.4 is 5.32 Å². The highest BCUT2D eigenvalue weighted by Gasteiger charge is 2.31. The van der Waals surface area contributed by atoms with Gasteiger partial charge in [-0.05, 0) is 24.0 Å². The molecule has 0 saturated heterocycles. The number of pyridine rings is 1. The molecule has 1 unspecified atom stereocenters. The summed E-state index contributed by atoms with van der Waals surface area (Å²) in [4.78, 5) is 15.6. The fraction of sp³-hybridized carbons (Fsp3) is 0.571. The maximum absolute atomic E-state index is 12.4.